The Balaban J connectivity index is 1.98. The van der Waals surface area contributed by atoms with Crippen molar-refractivity contribution in [2.45, 2.75) is 20.3 Å². The molecule has 100 valence electrons. The highest BCUT2D eigenvalue weighted by Gasteiger charge is 2.04. The van der Waals surface area contributed by atoms with Crippen molar-refractivity contribution in [2.75, 3.05) is 17.6 Å². The van der Waals surface area contributed by atoms with Gasteiger partial charge in [-0.3, -0.25) is 0 Å². The fourth-order valence-electron chi connectivity index (χ4n) is 2.02. The van der Waals surface area contributed by atoms with Gasteiger partial charge in [0.05, 0.1) is 11.4 Å². The number of para-hydroxylation sites is 1. The molecule has 0 aliphatic rings. The van der Waals surface area contributed by atoms with E-state index in [4.69, 9.17) is 5.73 Å². The topological polar surface area (TPSA) is 38.0 Å². The van der Waals surface area contributed by atoms with Gasteiger partial charge in [0.15, 0.2) is 0 Å². The average molecular weight is 258 g/mol. The van der Waals surface area contributed by atoms with Crippen LogP contribution >= 0.6 is 0 Å². The highest BCUT2D eigenvalue weighted by atomic mass is 19.1. The molecule has 2 rings (SSSR count). The van der Waals surface area contributed by atoms with Gasteiger partial charge in [-0.1, -0.05) is 24.3 Å². The summed E-state index contributed by atoms with van der Waals surface area (Å²) >= 11 is 0. The minimum absolute atomic E-state index is 0.305. The summed E-state index contributed by atoms with van der Waals surface area (Å²) in [4.78, 5) is 0. The third kappa shape index (κ3) is 3.25. The van der Waals surface area contributed by atoms with E-state index in [1.54, 1.807) is 12.1 Å². The van der Waals surface area contributed by atoms with Crippen molar-refractivity contribution in [2.24, 2.45) is 0 Å². The number of rotatable bonds is 4. The van der Waals surface area contributed by atoms with Crippen LogP contribution in [0.15, 0.2) is 36.4 Å². The van der Waals surface area contributed by atoms with E-state index in [1.807, 2.05) is 0 Å². The maximum absolute atomic E-state index is 13.6. The fraction of sp³-hybridized carbons (Fsp3) is 0.250. The maximum atomic E-state index is 13.6. The van der Waals surface area contributed by atoms with E-state index in [2.05, 4.69) is 37.4 Å². The molecule has 0 amide bonds. The highest BCUT2D eigenvalue weighted by molar-refractivity contribution is 5.66. The van der Waals surface area contributed by atoms with Crippen LogP contribution in [0.4, 0.5) is 15.8 Å². The van der Waals surface area contributed by atoms with Crippen LogP contribution in [0.25, 0.3) is 0 Å². The number of nitrogens with one attached hydrogen (secondary N) is 1. The Morgan fingerprint density at radius 2 is 1.89 bits per heavy atom. The van der Waals surface area contributed by atoms with Crippen LogP contribution in [0.3, 0.4) is 0 Å². The van der Waals surface area contributed by atoms with Gasteiger partial charge in [0.25, 0.3) is 0 Å². The molecule has 2 aromatic carbocycles. The van der Waals surface area contributed by atoms with Crippen LogP contribution in [0, 0.1) is 19.7 Å². The fourth-order valence-corrected chi connectivity index (χ4v) is 2.02. The summed E-state index contributed by atoms with van der Waals surface area (Å²) in [6, 6.07) is 11.1. The third-order valence-corrected chi connectivity index (χ3v) is 3.33. The second-order valence-corrected chi connectivity index (χ2v) is 4.80. The van der Waals surface area contributed by atoms with E-state index in [0.717, 1.165) is 6.42 Å². The Morgan fingerprint density at radius 3 is 2.58 bits per heavy atom. The van der Waals surface area contributed by atoms with Gasteiger partial charge in [0.2, 0.25) is 0 Å². The molecule has 3 N–H and O–H groups in total. The second kappa shape index (κ2) is 5.74. The molecule has 0 spiro atoms. The summed E-state index contributed by atoms with van der Waals surface area (Å²) in [5.74, 6) is -0.305. The number of hydrogen-bond acceptors (Lipinski definition) is 2. The molecule has 2 nitrogen and oxygen atoms in total. The van der Waals surface area contributed by atoms with Gasteiger partial charge in [0, 0.05) is 6.54 Å². The zero-order valence-electron chi connectivity index (χ0n) is 11.3. The first-order valence-electron chi connectivity index (χ1n) is 6.42. The van der Waals surface area contributed by atoms with Gasteiger partial charge < -0.3 is 11.1 Å². The quantitative estimate of drug-likeness (QED) is 0.821. The standard InChI is InChI=1S/C16H19FN2/c1-11-6-7-13(10-12(11)2)8-9-19-16-14(17)4-3-5-15(16)18/h3-7,10,19H,8-9,18H2,1-2H3. The van der Waals surface area contributed by atoms with Gasteiger partial charge in [0.1, 0.15) is 5.82 Å². The van der Waals surface area contributed by atoms with E-state index in [9.17, 15) is 4.39 Å². The predicted octanol–water partition coefficient (Wildman–Crippen LogP) is 3.68. The molecule has 2 aromatic rings. The Bertz CT molecular complexity index is 559. The van der Waals surface area contributed by atoms with Gasteiger partial charge in [-0.25, -0.2) is 4.39 Å². The molecular weight excluding hydrogens is 239 g/mol. The second-order valence-electron chi connectivity index (χ2n) is 4.80. The summed E-state index contributed by atoms with van der Waals surface area (Å²) < 4.78 is 13.6. The van der Waals surface area contributed by atoms with Crippen molar-refractivity contribution >= 4 is 11.4 Å². The van der Waals surface area contributed by atoms with E-state index >= 15 is 0 Å². The lowest BCUT2D eigenvalue weighted by molar-refractivity contribution is 0.630. The zero-order chi connectivity index (χ0) is 13.8. The largest absolute Gasteiger partial charge is 0.397 e. The lowest BCUT2D eigenvalue weighted by Crippen LogP contribution is -2.08. The summed E-state index contributed by atoms with van der Waals surface area (Å²) in [7, 11) is 0. The molecule has 3 heteroatoms. The minimum atomic E-state index is -0.305. The molecule has 0 radical (unpaired) electrons. The first-order chi connectivity index (χ1) is 9.08. The number of benzene rings is 2. The van der Waals surface area contributed by atoms with Gasteiger partial charge in [-0.2, -0.15) is 0 Å². The van der Waals surface area contributed by atoms with E-state index in [0.29, 0.717) is 17.9 Å². The summed E-state index contributed by atoms with van der Waals surface area (Å²) in [6.07, 6.45) is 0.842. The van der Waals surface area contributed by atoms with Crippen molar-refractivity contribution in [3.8, 4) is 0 Å². The number of nitrogens with two attached hydrogens (primary N) is 1. The Morgan fingerprint density at radius 1 is 1.11 bits per heavy atom. The molecule has 0 fully saturated rings. The summed E-state index contributed by atoms with van der Waals surface area (Å²) in [5.41, 5.74) is 10.4. The molecule has 0 aliphatic heterocycles. The molecule has 0 atom stereocenters. The summed E-state index contributed by atoms with van der Waals surface area (Å²) in [6.45, 7) is 4.85. The van der Waals surface area contributed by atoms with Crippen molar-refractivity contribution in [1.29, 1.82) is 0 Å². The van der Waals surface area contributed by atoms with Crippen LogP contribution in [-0.4, -0.2) is 6.54 Å². The van der Waals surface area contributed by atoms with Crippen molar-refractivity contribution in [1.82, 2.24) is 0 Å². The maximum Gasteiger partial charge on any atom is 0.148 e. The van der Waals surface area contributed by atoms with Crippen molar-refractivity contribution in [3.63, 3.8) is 0 Å². The number of aryl methyl sites for hydroxylation is 2. The average Bonchev–Trinajstić information content (AvgIpc) is 2.37. The zero-order valence-corrected chi connectivity index (χ0v) is 11.3. The van der Waals surface area contributed by atoms with E-state index in [-0.39, 0.29) is 5.82 Å². The monoisotopic (exact) mass is 258 g/mol. The lowest BCUT2D eigenvalue weighted by Gasteiger charge is -2.11. The van der Waals surface area contributed by atoms with Gasteiger partial charge in [-0.05, 0) is 49.1 Å². The normalized spacial score (nSPS) is 10.5. The minimum Gasteiger partial charge on any atom is -0.397 e. The molecule has 0 aromatic heterocycles. The van der Waals surface area contributed by atoms with Crippen LogP contribution in [-0.2, 0) is 6.42 Å². The van der Waals surface area contributed by atoms with Gasteiger partial charge in [-0.15, -0.1) is 0 Å². The Labute approximate surface area is 113 Å². The van der Waals surface area contributed by atoms with Crippen LogP contribution in [0.2, 0.25) is 0 Å². The lowest BCUT2D eigenvalue weighted by atomic mass is 10.0. The SMILES string of the molecule is Cc1ccc(CCNc2c(N)cccc2F)cc1C. The number of nitrogen functional groups attached to an aromatic ring is 1. The first kappa shape index (κ1) is 13.4. The molecular formula is C16H19FN2. The van der Waals surface area contributed by atoms with Crippen molar-refractivity contribution < 1.29 is 4.39 Å². The first-order valence-corrected chi connectivity index (χ1v) is 6.42. The van der Waals surface area contributed by atoms with Gasteiger partial charge >= 0.3 is 0 Å². The smallest absolute Gasteiger partial charge is 0.148 e. The number of hydrogen-bond donors (Lipinski definition) is 2. The van der Waals surface area contributed by atoms with E-state index < -0.39 is 0 Å². The van der Waals surface area contributed by atoms with Crippen LogP contribution in [0.1, 0.15) is 16.7 Å². The third-order valence-electron chi connectivity index (χ3n) is 3.33. The van der Waals surface area contributed by atoms with Crippen molar-refractivity contribution in [3.05, 3.63) is 58.9 Å². The molecule has 0 bridgehead atoms. The van der Waals surface area contributed by atoms with E-state index in [1.165, 1.54) is 22.8 Å². The van der Waals surface area contributed by atoms with Crippen LogP contribution < -0.4 is 11.1 Å². The molecule has 0 saturated heterocycles. The molecule has 0 unspecified atom stereocenters. The predicted molar refractivity (Wildman–Crippen MR) is 78.9 cm³/mol. The molecule has 19 heavy (non-hydrogen) atoms. The van der Waals surface area contributed by atoms with Crippen LogP contribution in [0.5, 0.6) is 0 Å². The Kier molecular flexibility index (Phi) is 4.05. The Hall–Kier alpha value is -2.03. The molecule has 0 heterocycles. The summed E-state index contributed by atoms with van der Waals surface area (Å²) in [5, 5.41) is 3.06. The number of halogens is 1. The number of anilines is 2. The molecule has 0 aliphatic carbocycles. The highest BCUT2D eigenvalue weighted by Crippen LogP contribution is 2.21. The molecule has 0 saturated carbocycles.